The van der Waals surface area contributed by atoms with Crippen molar-refractivity contribution in [3.05, 3.63) is 33.7 Å². The van der Waals surface area contributed by atoms with Crippen LogP contribution >= 0.6 is 0 Å². The minimum atomic E-state index is -0.321. The number of aryl methyl sites for hydroxylation is 1. The summed E-state index contributed by atoms with van der Waals surface area (Å²) in [6, 6.07) is 3.22. The molecule has 0 aliphatic carbocycles. The highest BCUT2D eigenvalue weighted by molar-refractivity contribution is 5.94. The van der Waals surface area contributed by atoms with Gasteiger partial charge in [-0.15, -0.1) is 0 Å². The molecule has 112 valence electrons. The molecule has 2 amide bonds. The summed E-state index contributed by atoms with van der Waals surface area (Å²) in [5.41, 5.74) is 0.680. The number of piperazine rings is 1. The molecule has 0 saturated carbocycles. The predicted molar refractivity (Wildman–Crippen MR) is 74.2 cm³/mol. The second-order valence-electron chi connectivity index (χ2n) is 5.43. The highest BCUT2D eigenvalue weighted by atomic mass is 16.6. The average Bonchev–Trinajstić information content (AvgIpc) is 2.85. The lowest BCUT2D eigenvalue weighted by Crippen LogP contribution is -2.54. The van der Waals surface area contributed by atoms with Crippen molar-refractivity contribution in [2.45, 2.75) is 13.0 Å². The molecule has 2 aliphatic heterocycles. The summed E-state index contributed by atoms with van der Waals surface area (Å²) >= 11 is 0. The standard InChI is InChI=1S/C14H17N3O4/c1-9-3-4-11(12(18)15(9)2)13(19)16-5-6-17-10(7-16)8-21-14(17)20/h3-4,10H,5-8H2,1-2H3/t10-/m0/s1. The molecule has 21 heavy (non-hydrogen) atoms. The van der Waals surface area contributed by atoms with Gasteiger partial charge in [0.05, 0.1) is 6.04 Å². The van der Waals surface area contributed by atoms with Crippen LogP contribution in [0.15, 0.2) is 16.9 Å². The van der Waals surface area contributed by atoms with E-state index in [0.717, 1.165) is 5.69 Å². The number of rotatable bonds is 1. The SMILES string of the molecule is Cc1ccc(C(=O)N2CCN3C(=O)OC[C@@H]3C2)c(=O)n1C. The monoisotopic (exact) mass is 291 g/mol. The molecule has 0 unspecified atom stereocenters. The molecule has 0 radical (unpaired) electrons. The molecule has 0 aromatic carbocycles. The summed E-state index contributed by atoms with van der Waals surface area (Å²) in [6.07, 6.45) is -0.321. The van der Waals surface area contributed by atoms with Crippen LogP contribution in [0.2, 0.25) is 0 Å². The Bertz CT molecular complexity index is 667. The number of carbonyl (C=O) groups is 2. The number of cyclic esters (lactones) is 1. The van der Waals surface area contributed by atoms with E-state index in [1.165, 1.54) is 4.57 Å². The number of fused-ring (bicyclic) bond motifs is 1. The van der Waals surface area contributed by atoms with Gasteiger partial charge in [0, 0.05) is 32.4 Å². The minimum Gasteiger partial charge on any atom is -0.447 e. The average molecular weight is 291 g/mol. The molecule has 2 saturated heterocycles. The molecule has 1 aromatic heterocycles. The Kier molecular flexibility index (Phi) is 3.19. The lowest BCUT2D eigenvalue weighted by atomic mass is 10.1. The van der Waals surface area contributed by atoms with Crippen molar-refractivity contribution in [3.8, 4) is 0 Å². The molecular weight excluding hydrogens is 274 g/mol. The van der Waals surface area contributed by atoms with Gasteiger partial charge >= 0.3 is 6.09 Å². The van der Waals surface area contributed by atoms with Crippen LogP contribution < -0.4 is 5.56 Å². The van der Waals surface area contributed by atoms with Crippen LogP contribution in [0.3, 0.4) is 0 Å². The van der Waals surface area contributed by atoms with Gasteiger partial charge < -0.3 is 14.2 Å². The number of amides is 2. The molecule has 1 atom stereocenters. The van der Waals surface area contributed by atoms with Crippen molar-refractivity contribution >= 4 is 12.0 Å². The van der Waals surface area contributed by atoms with Crippen molar-refractivity contribution in [1.82, 2.24) is 14.4 Å². The zero-order valence-corrected chi connectivity index (χ0v) is 12.0. The maximum atomic E-state index is 12.5. The summed E-state index contributed by atoms with van der Waals surface area (Å²) in [5.74, 6) is -0.283. The zero-order valence-electron chi connectivity index (χ0n) is 12.0. The van der Waals surface area contributed by atoms with E-state index in [1.807, 2.05) is 6.92 Å². The Labute approximate surface area is 121 Å². The van der Waals surface area contributed by atoms with Gasteiger partial charge in [0.25, 0.3) is 11.5 Å². The third-order valence-electron chi connectivity index (χ3n) is 4.19. The molecule has 7 nitrogen and oxygen atoms in total. The quantitative estimate of drug-likeness (QED) is 0.728. The minimum absolute atomic E-state index is 0.107. The molecule has 2 aliphatic rings. The molecule has 0 spiro atoms. The van der Waals surface area contributed by atoms with E-state index in [-0.39, 0.29) is 29.2 Å². The van der Waals surface area contributed by atoms with E-state index in [2.05, 4.69) is 0 Å². The first-order valence-corrected chi connectivity index (χ1v) is 6.88. The second-order valence-corrected chi connectivity index (χ2v) is 5.43. The van der Waals surface area contributed by atoms with Gasteiger partial charge in [-0.1, -0.05) is 0 Å². The first-order valence-electron chi connectivity index (χ1n) is 6.88. The Morgan fingerprint density at radius 1 is 1.29 bits per heavy atom. The normalized spacial score (nSPS) is 21.2. The van der Waals surface area contributed by atoms with Crippen LogP contribution in [0.4, 0.5) is 4.79 Å². The summed E-state index contributed by atoms with van der Waals surface area (Å²) in [5, 5.41) is 0. The van der Waals surface area contributed by atoms with Gasteiger partial charge in [-0.25, -0.2) is 4.79 Å². The van der Waals surface area contributed by atoms with Crippen molar-refractivity contribution in [3.63, 3.8) is 0 Å². The van der Waals surface area contributed by atoms with E-state index >= 15 is 0 Å². The molecule has 3 heterocycles. The van der Waals surface area contributed by atoms with Gasteiger partial charge in [0.1, 0.15) is 12.2 Å². The van der Waals surface area contributed by atoms with Crippen molar-refractivity contribution in [2.75, 3.05) is 26.2 Å². The zero-order chi connectivity index (χ0) is 15.1. The van der Waals surface area contributed by atoms with Crippen molar-refractivity contribution < 1.29 is 14.3 Å². The Morgan fingerprint density at radius 2 is 2.05 bits per heavy atom. The summed E-state index contributed by atoms with van der Waals surface area (Å²) < 4.78 is 6.44. The summed E-state index contributed by atoms with van der Waals surface area (Å²) in [4.78, 5) is 39.4. The fraction of sp³-hybridized carbons (Fsp3) is 0.500. The number of pyridine rings is 1. The molecule has 2 fully saturated rings. The van der Waals surface area contributed by atoms with Gasteiger partial charge in [-0.05, 0) is 19.1 Å². The van der Waals surface area contributed by atoms with Crippen LogP contribution in [0.1, 0.15) is 16.1 Å². The van der Waals surface area contributed by atoms with Gasteiger partial charge in [-0.2, -0.15) is 0 Å². The summed E-state index contributed by atoms with van der Waals surface area (Å²) in [6.45, 7) is 3.38. The van der Waals surface area contributed by atoms with Crippen LogP contribution in [0.25, 0.3) is 0 Å². The van der Waals surface area contributed by atoms with E-state index in [9.17, 15) is 14.4 Å². The van der Waals surface area contributed by atoms with Gasteiger partial charge in [0.2, 0.25) is 0 Å². The van der Waals surface area contributed by atoms with Crippen molar-refractivity contribution in [2.24, 2.45) is 7.05 Å². The highest BCUT2D eigenvalue weighted by Gasteiger charge is 2.39. The maximum absolute atomic E-state index is 12.5. The Balaban J connectivity index is 1.82. The van der Waals surface area contributed by atoms with Crippen LogP contribution in [0.5, 0.6) is 0 Å². The fourth-order valence-corrected chi connectivity index (χ4v) is 2.73. The third kappa shape index (κ3) is 2.18. The van der Waals surface area contributed by atoms with E-state index < -0.39 is 0 Å². The van der Waals surface area contributed by atoms with Crippen LogP contribution in [0, 0.1) is 6.92 Å². The first-order chi connectivity index (χ1) is 9.99. The maximum Gasteiger partial charge on any atom is 0.410 e. The molecule has 3 rings (SSSR count). The van der Waals surface area contributed by atoms with Gasteiger partial charge in [-0.3, -0.25) is 14.5 Å². The van der Waals surface area contributed by atoms with Crippen molar-refractivity contribution in [1.29, 1.82) is 0 Å². The summed E-state index contributed by atoms with van der Waals surface area (Å²) in [7, 11) is 1.65. The number of hydrogen-bond donors (Lipinski definition) is 0. The van der Waals surface area contributed by atoms with E-state index in [4.69, 9.17) is 4.74 Å². The molecular formula is C14H17N3O4. The number of hydrogen-bond acceptors (Lipinski definition) is 4. The Hall–Kier alpha value is -2.31. The molecule has 0 N–H and O–H groups in total. The lowest BCUT2D eigenvalue weighted by molar-refractivity contribution is 0.0614. The number of carbonyl (C=O) groups excluding carboxylic acids is 2. The van der Waals surface area contributed by atoms with Crippen LogP contribution in [-0.4, -0.2) is 58.7 Å². The molecule has 1 aromatic rings. The number of ether oxygens (including phenoxy) is 1. The number of nitrogens with zero attached hydrogens (tertiary/aromatic N) is 3. The lowest BCUT2D eigenvalue weighted by Gasteiger charge is -2.35. The third-order valence-corrected chi connectivity index (χ3v) is 4.19. The largest absolute Gasteiger partial charge is 0.447 e. The van der Waals surface area contributed by atoms with E-state index in [0.29, 0.717) is 26.2 Å². The van der Waals surface area contributed by atoms with Crippen LogP contribution in [-0.2, 0) is 11.8 Å². The molecule has 7 heteroatoms. The highest BCUT2D eigenvalue weighted by Crippen LogP contribution is 2.18. The second kappa shape index (κ2) is 4.91. The van der Waals surface area contributed by atoms with Gasteiger partial charge in [0.15, 0.2) is 0 Å². The predicted octanol–water partition coefficient (Wildman–Crippen LogP) is -0.0297. The Morgan fingerprint density at radius 3 is 2.81 bits per heavy atom. The first kappa shape index (κ1) is 13.7. The topological polar surface area (TPSA) is 71.9 Å². The number of aromatic nitrogens is 1. The smallest absolute Gasteiger partial charge is 0.410 e. The van der Waals surface area contributed by atoms with E-state index in [1.54, 1.807) is 29.0 Å². The molecule has 0 bridgehead atoms. The fourth-order valence-electron chi connectivity index (χ4n) is 2.73.